The first kappa shape index (κ1) is 15.6. The Kier molecular flexibility index (Phi) is 4.73. The highest BCUT2D eigenvalue weighted by Gasteiger charge is 2.40. The number of nitrogens with one attached hydrogen (secondary N) is 1. The largest absolute Gasteiger partial charge is 0.480 e. The lowest BCUT2D eigenvalue weighted by Crippen LogP contribution is -2.54. The molecule has 1 aromatic rings. The van der Waals surface area contributed by atoms with Gasteiger partial charge in [0.1, 0.15) is 5.54 Å². The molecular formula is C15H19ClN2O3. The second-order valence-corrected chi connectivity index (χ2v) is 5.97. The molecule has 0 bridgehead atoms. The first-order valence-electron chi connectivity index (χ1n) is 7.05. The van der Waals surface area contributed by atoms with Gasteiger partial charge < -0.3 is 16.2 Å². The van der Waals surface area contributed by atoms with E-state index in [1.54, 1.807) is 0 Å². The minimum absolute atomic E-state index is 0.282. The number of rotatable bonds is 3. The topological polar surface area (TPSA) is 92.4 Å². The van der Waals surface area contributed by atoms with Crippen molar-refractivity contribution >= 4 is 29.2 Å². The van der Waals surface area contributed by atoms with Gasteiger partial charge in [0.15, 0.2) is 0 Å². The van der Waals surface area contributed by atoms with Crippen LogP contribution in [0.25, 0.3) is 0 Å². The number of hydrogen-bond acceptors (Lipinski definition) is 3. The van der Waals surface area contributed by atoms with E-state index in [4.69, 9.17) is 17.3 Å². The Morgan fingerprint density at radius 2 is 1.76 bits per heavy atom. The maximum absolute atomic E-state index is 12.4. The lowest BCUT2D eigenvalue weighted by molar-refractivity contribution is -0.145. The van der Waals surface area contributed by atoms with Crippen molar-refractivity contribution in [3.8, 4) is 0 Å². The molecule has 1 saturated carbocycles. The molecule has 0 spiro atoms. The van der Waals surface area contributed by atoms with Crippen LogP contribution in [-0.2, 0) is 4.79 Å². The summed E-state index contributed by atoms with van der Waals surface area (Å²) in [7, 11) is 0. The van der Waals surface area contributed by atoms with Gasteiger partial charge in [-0.25, -0.2) is 4.79 Å². The quantitative estimate of drug-likeness (QED) is 0.591. The Bertz CT molecular complexity index is 532. The van der Waals surface area contributed by atoms with Crippen LogP contribution < -0.4 is 11.1 Å². The van der Waals surface area contributed by atoms with Crippen molar-refractivity contribution in [1.29, 1.82) is 0 Å². The number of amides is 1. The van der Waals surface area contributed by atoms with E-state index >= 15 is 0 Å². The molecule has 6 heteroatoms. The van der Waals surface area contributed by atoms with Gasteiger partial charge in [0, 0.05) is 16.3 Å². The molecule has 4 N–H and O–H groups in total. The summed E-state index contributed by atoms with van der Waals surface area (Å²) in [4.78, 5) is 24.0. The second-order valence-electron chi connectivity index (χ2n) is 5.53. The van der Waals surface area contributed by atoms with Crippen molar-refractivity contribution < 1.29 is 14.7 Å². The average Bonchev–Trinajstić information content (AvgIpc) is 2.64. The predicted octanol–water partition coefficient (Wildman–Crippen LogP) is 2.83. The van der Waals surface area contributed by atoms with E-state index in [1.807, 2.05) is 0 Å². The molecule has 1 aliphatic carbocycles. The minimum atomic E-state index is -1.19. The Balaban J connectivity index is 2.23. The number of aliphatic carboxylic acids is 1. The zero-order valence-corrected chi connectivity index (χ0v) is 12.4. The number of hydrogen-bond donors (Lipinski definition) is 3. The first-order chi connectivity index (χ1) is 9.93. The molecule has 1 aromatic carbocycles. The van der Waals surface area contributed by atoms with Crippen LogP contribution in [0, 0.1) is 0 Å². The van der Waals surface area contributed by atoms with Crippen LogP contribution in [0.5, 0.6) is 0 Å². The van der Waals surface area contributed by atoms with Crippen molar-refractivity contribution in [2.75, 3.05) is 5.73 Å². The van der Waals surface area contributed by atoms with Crippen molar-refractivity contribution in [3.05, 3.63) is 28.8 Å². The summed E-state index contributed by atoms with van der Waals surface area (Å²) >= 11 is 5.88. The number of carbonyl (C=O) groups excluding carboxylic acids is 1. The van der Waals surface area contributed by atoms with Crippen LogP contribution in [0.3, 0.4) is 0 Å². The Labute approximate surface area is 128 Å². The Morgan fingerprint density at radius 1 is 1.14 bits per heavy atom. The predicted molar refractivity (Wildman–Crippen MR) is 81.4 cm³/mol. The van der Waals surface area contributed by atoms with E-state index in [1.165, 1.54) is 18.2 Å². The summed E-state index contributed by atoms with van der Waals surface area (Å²) in [5.41, 5.74) is 5.13. The number of anilines is 1. The molecule has 0 aliphatic heterocycles. The summed E-state index contributed by atoms with van der Waals surface area (Å²) < 4.78 is 0. The fourth-order valence-corrected chi connectivity index (χ4v) is 3.00. The highest BCUT2D eigenvalue weighted by Crippen LogP contribution is 2.28. The van der Waals surface area contributed by atoms with E-state index in [9.17, 15) is 14.7 Å². The molecule has 1 fully saturated rings. The zero-order valence-electron chi connectivity index (χ0n) is 11.7. The third-order valence-electron chi connectivity index (χ3n) is 3.90. The number of nitrogens with two attached hydrogens (primary N) is 1. The number of carboxylic acid groups (broad SMARTS) is 1. The van der Waals surface area contributed by atoms with Gasteiger partial charge in [-0.05, 0) is 31.0 Å². The first-order valence-corrected chi connectivity index (χ1v) is 7.43. The van der Waals surface area contributed by atoms with E-state index in [-0.39, 0.29) is 5.56 Å². The molecule has 0 atom stereocenters. The second kappa shape index (κ2) is 6.35. The number of carboxylic acids is 1. The molecule has 1 aliphatic rings. The molecule has 2 rings (SSSR count). The van der Waals surface area contributed by atoms with Gasteiger partial charge in [-0.1, -0.05) is 37.3 Å². The van der Waals surface area contributed by atoms with Gasteiger partial charge >= 0.3 is 5.97 Å². The van der Waals surface area contributed by atoms with Gasteiger partial charge in [0.25, 0.3) is 5.91 Å². The third kappa shape index (κ3) is 3.67. The summed E-state index contributed by atoms with van der Waals surface area (Å²) in [6, 6.07) is 4.52. The summed E-state index contributed by atoms with van der Waals surface area (Å²) in [6.45, 7) is 0. The van der Waals surface area contributed by atoms with Crippen LogP contribution in [-0.4, -0.2) is 22.5 Å². The number of nitrogen functional groups attached to an aromatic ring is 1. The van der Waals surface area contributed by atoms with E-state index < -0.39 is 17.4 Å². The molecular weight excluding hydrogens is 292 g/mol. The van der Waals surface area contributed by atoms with Gasteiger partial charge in [0.2, 0.25) is 0 Å². The molecule has 0 unspecified atom stereocenters. The Hall–Kier alpha value is -1.75. The molecule has 1 amide bonds. The van der Waals surface area contributed by atoms with Crippen LogP contribution in [0.2, 0.25) is 5.02 Å². The molecule has 0 radical (unpaired) electrons. The number of benzene rings is 1. The highest BCUT2D eigenvalue weighted by atomic mass is 35.5. The lowest BCUT2D eigenvalue weighted by atomic mass is 9.90. The van der Waals surface area contributed by atoms with Crippen LogP contribution in [0.15, 0.2) is 18.2 Å². The van der Waals surface area contributed by atoms with Crippen LogP contribution >= 0.6 is 11.6 Å². The standard InChI is InChI=1S/C15H19ClN2O3/c16-11-7-10(8-12(17)9-11)13(19)18-15(14(20)21)5-3-1-2-4-6-15/h7-9H,1-6,17H2,(H,18,19)(H,20,21). The molecule has 5 nitrogen and oxygen atoms in total. The summed E-state index contributed by atoms with van der Waals surface area (Å²) in [5.74, 6) is -1.43. The van der Waals surface area contributed by atoms with Gasteiger partial charge in [-0.3, -0.25) is 4.79 Å². The van der Waals surface area contributed by atoms with Crippen molar-refractivity contribution in [3.63, 3.8) is 0 Å². The summed E-state index contributed by atoms with van der Waals surface area (Å²) in [5, 5.41) is 12.6. The molecule has 0 heterocycles. The van der Waals surface area contributed by atoms with Crippen LogP contribution in [0.4, 0.5) is 5.69 Å². The third-order valence-corrected chi connectivity index (χ3v) is 4.12. The fraction of sp³-hybridized carbons (Fsp3) is 0.467. The molecule has 21 heavy (non-hydrogen) atoms. The van der Waals surface area contributed by atoms with E-state index in [0.29, 0.717) is 23.6 Å². The lowest BCUT2D eigenvalue weighted by Gasteiger charge is -2.29. The van der Waals surface area contributed by atoms with Gasteiger partial charge in [-0.15, -0.1) is 0 Å². The maximum Gasteiger partial charge on any atom is 0.329 e. The molecule has 0 saturated heterocycles. The van der Waals surface area contributed by atoms with Gasteiger partial charge in [0.05, 0.1) is 0 Å². The fourth-order valence-electron chi connectivity index (χ4n) is 2.76. The van der Waals surface area contributed by atoms with Crippen molar-refractivity contribution in [2.45, 2.75) is 44.1 Å². The maximum atomic E-state index is 12.4. The van der Waals surface area contributed by atoms with E-state index in [2.05, 4.69) is 5.32 Å². The van der Waals surface area contributed by atoms with E-state index in [0.717, 1.165) is 25.7 Å². The minimum Gasteiger partial charge on any atom is -0.480 e. The zero-order chi connectivity index (χ0) is 15.5. The monoisotopic (exact) mass is 310 g/mol. The molecule has 114 valence electrons. The summed E-state index contributed by atoms with van der Waals surface area (Å²) in [6.07, 6.45) is 4.48. The number of carbonyl (C=O) groups is 2. The molecule has 0 aromatic heterocycles. The van der Waals surface area contributed by atoms with Gasteiger partial charge in [-0.2, -0.15) is 0 Å². The Morgan fingerprint density at radius 3 is 2.29 bits per heavy atom. The van der Waals surface area contributed by atoms with Crippen molar-refractivity contribution in [2.24, 2.45) is 0 Å². The SMILES string of the molecule is Nc1cc(Cl)cc(C(=O)NC2(C(=O)O)CCCCCC2)c1. The smallest absolute Gasteiger partial charge is 0.329 e. The van der Waals surface area contributed by atoms with Crippen molar-refractivity contribution in [1.82, 2.24) is 5.32 Å². The normalized spacial score (nSPS) is 17.8. The number of halogens is 1. The average molecular weight is 311 g/mol. The van der Waals surface area contributed by atoms with Crippen LogP contribution in [0.1, 0.15) is 48.9 Å². The highest BCUT2D eigenvalue weighted by molar-refractivity contribution is 6.31.